The Labute approximate surface area is 147 Å². The summed E-state index contributed by atoms with van der Waals surface area (Å²) in [4.78, 5) is 26.7. The van der Waals surface area contributed by atoms with Gasteiger partial charge in [0.05, 0.1) is 0 Å². The Morgan fingerprint density at radius 2 is 1.96 bits per heavy atom. The number of rotatable bonds is 5. The second-order valence-electron chi connectivity index (χ2n) is 6.20. The number of carbonyl (C=O) groups is 2. The van der Waals surface area contributed by atoms with Crippen LogP contribution in [0.3, 0.4) is 0 Å². The zero-order valence-corrected chi connectivity index (χ0v) is 14.6. The maximum absolute atomic E-state index is 12.7. The summed E-state index contributed by atoms with van der Waals surface area (Å²) < 4.78 is 1.91. The molecule has 0 radical (unpaired) electrons. The fourth-order valence-corrected chi connectivity index (χ4v) is 3.25. The number of likely N-dealkylation sites (N-methyl/N-ethyl adjacent to an activating group) is 1. The minimum absolute atomic E-state index is 0.0172. The second-order valence-corrected chi connectivity index (χ2v) is 6.20. The molecule has 0 fully saturated rings. The number of aromatic nitrogens is 3. The molecular formula is C18H23N5O2. The van der Waals surface area contributed by atoms with Crippen LogP contribution in [-0.4, -0.2) is 45.1 Å². The lowest BCUT2D eigenvalue weighted by Gasteiger charge is -2.34. The van der Waals surface area contributed by atoms with Crippen LogP contribution >= 0.6 is 0 Å². The number of nitrogens with one attached hydrogen (secondary N) is 1. The highest BCUT2D eigenvalue weighted by Crippen LogP contribution is 2.26. The lowest BCUT2D eigenvalue weighted by Crippen LogP contribution is -2.48. The monoisotopic (exact) mass is 341 g/mol. The molecule has 1 N–H and O–H groups in total. The third-order valence-electron chi connectivity index (χ3n) is 4.60. The van der Waals surface area contributed by atoms with Crippen molar-refractivity contribution in [1.29, 1.82) is 0 Å². The van der Waals surface area contributed by atoms with E-state index in [1.807, 2.05) is 29.7 Å². The van der Waals surface area contributed by atoms with Gasteiger partial charge in [0.25, 0.3) is 5.91 Å². The minimum atomic E-state index is -0.704. The third-order valence-corrected chi connectivity index (χ3v) is 4.60. The number of fused-ring (bicyclic) bond motifs is 1. The summed E-state index contributed by atoms with van der Waals surface area (Å²) in [5.41, 5.74) is 1.21. The highest BCUT2D eigenvalue weighted by molar-refractivity contribution is 5.88. The van der Waals surface area contributed by atoms with Crippen LogP contribution in [0.5, 0.6) is 0 Å². The summed E-state index contributed by atoms with van der Waals surface area (Å²) in [7, 11) is 1.57. The molecule has 0 aliphatic carbocycles. The van der Waals surface area contributed by atoms with Crippen LogP contribution in [0.15, 0.2) is 30.3 Å². The van der Waals surface area contributed by atoms with Crippen molar-refractivity contribution in [2.24, 2.45) is 0 Å². The smallest absolute Gasteiger partial charge is 0.250 e. The molecule has 1 unspecified atom stereocenters. The largest absolute Gasteiger partial charge is 0.357 e. The number of aryl methyl sites for hydroxylation is 2. The van der Waals surface area contributed by atoms with Gasteiger partial charge in [0.15, 0.2) is 11.9 Å². The van der Waals surface area contributed by atoms with E-state index in [1.54, 1.807) is 11.9 Å². The zero-order valence-electron chi connectivity index (χ0n) is 14.6. The van der Waals surface area contributed by atoms with E-state index in [0.29, 0.717) is 25.3 Å². The Morgan fingerprint density at radius 3 is 2.68 bits per heavy atom. The van der Waals surface area contributed by atoms with Crippen molar-refractivity contribution in [3.63, 3.8) is 0 Å². The molecule has 0 spiro atoms. The summed E-state index contributed by atoms with van der Waals surface area (Å²) in [5.74, 6) is 1.06. The van der Waals surface area contributed by atoms with Gasteiger partial charge in [-0.3, -0.25) is 9.59 Å². The number of nitrogens with zero attached hydrogens (tertiary/aromatic N) is 4. The van der Waals surface area contributed by atoms with Gasteiger partial charge in [-0.1, -0.05) is 30.3 Å². The molecule has 0 saturated heterocycles. The average molecular weight is 341 g/mol. The quantitative estimate of drug-likeness (QED) is 0.887. The second kappa shape index (κ2) is 7.46. The average Bonchev–Trinajstić information content (AvgIpc) is 3.02. The molecule has 3 rings (SSSR count). The summed E-state index contributed by atoms with van der Waals surface area (Å²) in [6.07, 6.45) is 2.02. The predicted molar refractivity (Wildman–Crippen MR) is 92.7 cm³/mol. The summed E-state index contributed by atoms with van der Waals surface area (Å²) >= 11 is 0. The zero-order chi connectivity index (χ0) is 17.8. The van der Waals surface area contributed by atoms with Gasteiger partial charge in [0.2, 0.25) is 5.91 Å². The van der Waals surface area contributed by atoms with Crippen molar-refractivity contribution in [1.82, 2.24) is 25.0 Å². The van der Waals surface area contributed by atoms with Gasteiger partial charge in [0.1, 0.15) is 5.82 Å². The minimum Gasteiger partial charge on any atom is -0.357 e. The standard InChI is InChI=1S/C18H23N5O2/c1-13-20-21-17-16(18(25)19-2)23(12-11-22(13)17)15(24)10-6-9-14-7-4-3-5-8-14/h3-5,7-8,16H,6,9-12H2,1-2H3,(H,19,25). The number of hydrogen-bond acceptors (Lipinski definition) is 4. The van der Waals surface area contributed by atoms with Gasteiger partial charge < -0.3 is 14.8 Å². The van der Waals surface area contributed by atoms with Crippen LogP contribution in [0.25, 0.3) is 0 Å². The van der Waals surface area contributed by atoms with Crippen molar-refractivity contribution in [2.75, 3.05) is 13.6 Å². The van der Waals surface area contributed by atoms with Crippen LogP contribution in [0.4, 0.5) is 0 Å². The van der Waals surface area contributed by atoms with Crippen molar-refractivity contribution < 1.29 is 9.59 Å². The molecule has 0 saturated carbocycles. The lowest BCUT2D eigenvalue weighted by atomic mass is 10.1. The van der Waals surface area contributed by atoms with E-state index >= 15 is 0 Å². The molecule has 1 aliphatic heterocycles. The van der Waals surface area contributed by atoms with E-state index < -0.39 is 6.04 Å². The molecule has 1 aromatic carbocycles. The highest BCUT2D eigenvalue weighted by atomic mass is 16.2. The first-order valence-corrected chi connectivity index (χ1v) is 8.56. The Kier molecular flexibility index (Phi) is 5.11. The number of benzene rings is 1. The van der Waals surface area contributed by atoms with Gasteiger partial charge >= 0.3 is 0 Å². The molecule has 132 valence electrons. The first-order valence-electron chi connectivity index (χ1n) is 8.56. The molecule has 2 amide bonds. The first kappa shape index (κ1) is 17.1. The van der Waals surface area contributed by atoms with E-state index in [-0.39, 0.29) is 11.8 Å². The molecule has 2 heterocycles. The van der Waals surface area contributed by atoms with Crippen molar-refractivity contribution in [3.05, 3.63) is 47.5 Å². The molecular weight excluding hydrogens is 318 g/mol. The SMILES string of the molecule is CNC(=O)C1c2nnc(C)n2CCN1C(=O)CCCc1ccccc1. The first-order chi connectivity index (χ1) is 12.1. The topological polar surface area (TPSA) is 80.1 Å². The van der Waals surface area contributed by atoms with Gasteiger partial charge in [-0.25, -0.2) is 0 Å². The number of carbonyl (C=O) groups excluding carboxylic acids is 2. The van der Waals surface area contributed by atoms with E-state index in [9.17, 15) is 9.59 Å². The van der Waals surface area contributed by atoms with E-state index in [4.69, 9.17) is 0 Å². The fourth-order valence-electron chi connectivity index (χ4n) is 3.25. The van der Waals surface area contributed by atoms with Crippen LogP contribution in [0.1, 0.15) is 36.1 Å². The Morgan fingerprint density at radius 1 is 1.20 bits per heavy atom. The predicted octanol–water partition coefficient (Wildman–Crippen LogP) is 1.24. The van der Waals surface area contributed by atoms with Crippen LogP contribution < -0.4 is 5.32 Å². The third kappa shape index (κ3) is 3.55. The summed E-state index contributed by atoms with van der Waals surface area (Å²) in [5, 5.41) is 10.8. The van der Waals surface area contributed by atoms with E-state index in [1.165, 1.54) is 5.56 Å². The molecule has 25 heavy (non-hydrogen) atoms. The molecule has 1 aromatic heterocycles. The lowest BCUT2D eigenvalue weighted by molar-refractivity contribution is -0.142. The van der Waals surface area contributed by atoms with Crippen molar-refractivity contribution in [3.8, 4) is 0 Å². The summed E-state index contributed by atoms with van der Waals surface area (Å²) in [6.45, 7) is 2.97. The molecule has 1 aliphatic rings. The van der Waals surface area contributed by atoms with Crippen LogP contribution in [0, 0.1) is 6.92 Å². The molecule has 0 bridgehead atoms. The Balaban J connectivity index is 1.69. The highest BCUT2D eigenvalue weighted by Gasteiger charge is 2.37. The fraction of sp³-hybridized carbons (Fsp3) is 0.444. The Bertz CT molecular complexity index is 756. The van der Waals surface area contributed by atoms with Crippen molar-refractivity contribution >= 4 is 11.8 Å². The van der Waals surface area contributed by atoms with Gasteiger partial charge in [-0.15, -0.1) is 10.2 Å². The van der Waals surface area contributed by atoms with E-state index in [2.05, 4.69) is 27.6 Å². The number of amides is 2. The van der Waals surface area contributed by atoms with Gasteiger partial charge in [0, 0.05) is 26.6 Å². The van der Waals surface area contributed by atoms with Crippen molar-refractivity contribution in [2.45, 2.75) is 38.8 Å². The van der Waals surface area contributed by atoms with Crippen LogP contribution in [-0.2, 0) is 22.6 Å². The number of hydrogen-bond donors (Lipinski definition) is 1. The van der Waals surface area contributed by atoms with Crippen LogP contribution in [0.2, 0.25) is 0 Å². The molecule has 2 aromatic rings. The maximum atomic E-state index is 12.7. The normalized spacial score (nSPS) is 16.4. The molecule has 7 nitrogen and oxygen atoms in total. The maximum Gasteiger partial charge on any atom is 0.250 e. The van der Waals surface area contributed by atoms with E-state index in [0.717, 1.165) is 18.7 Å². The molecule has 1 atom stereocenters. The Hall–Kier alpha value is -2.70. The molecule has 7 heteroatoms. The summed E-state index contributed by atoms with van der Waals surface area (Å²) in [6, 6.07) is 9.39. The van der Waals surface area contributed by atoms with Gasteiger partial charge in [-0.05, 0) is 25.3 Å². The van der Waals surface area contributed by atoms with Gasteiger partial charge in [-0.2, -0.15) is 0 Å².